The molecule has 2 aromatic rings. The van der Waals surface area contributed by atoms with Gasteiger partial charge in [-0.3, -0.25) is 9.69 Å². The van der Waals surface area contributed by atoms with E-state index in [9.17, 15) is 4.79 Å². The number of hydrogen-bond acceptors (Lipinski definition) is 5. The summed E-state index contributed by atoms with van der Waals surface area (Å²) in [5.74, 6) is 1.89. The Bertz CT molecular complexity index is 744. The van der Waals surface area contributed by atoms with Gasteiger partial charge in [0.15, 0.2) is 11.5 Å². The van der Waals surface area contributed by atoms with Gasteiger partial charge in [-0.25, -0.2) is 9.97 Å². The van der Waals surface area contributed by atoms with Crippen molar-refractivity contribution < 1.29 is 14.3 Å². The van der Waals surface area contributed by atoms with E-state index in [1.54, 1.807) is 25.5 Å². The molecule has 4 rings (SSSR count). The molecule has 0 unspecified atom stereocenters. The summed E-state index contributed by atoms with van der Waals surface area (Å²) in [6, 6.07) is 7.50. The predicted octanol–water partition coefficient (Wildman–Crippen LogP) is 1.94. The SMILES string of the molecule is CN(C(=O)C1(c2ccc3c(c2)OCCO3)CC1)c1ncccn1. The first kappa shape index (κ1) is 14.0. The standard InChI is InChI=1S/C17H17N3O3/c1-20(16-18-7-2-8-19-16)15(21)17(5-6-17)12-3-4-13-14(11-12)23-10-9-22-13/h2-4,7-8,11H,5-6,9-10H2,1H3. The smallest absolute Gasteiger partial charge is 0.239 e. The van der Waals surface area contributed by atoms with E-state index in [1.165, 1.54) is 4.90 Å². The maximum absolute atomic E-state index is 13.0. The Morgan fingerprint density at radius 1 is 1.13 bits per heavy atom. The van der Waals surface area contributed by atoms with Crippen LogP contribution in [0.15, 0.2) is 36.7 Å². The van der Waals surface area contributed by atoms with Crippen molar-refractivity contribution in [3.63, 3.8) is 0 Å². The number of benzene rings is 1. The molecule has 1 fully saturated rings. The van der Waals surface area contributed by atoms with Crippen molar-refractivity contribution in [1.82, 2.24) is 9.97 Å². The number of fused-ring (bicyclic) bond motifs is 1. The van der Waals surface area contributed by atoms with Crippen molar-refractivity contribution in [2.24, 2.45) is 0 Å². The third kappa shape index (κ3) is 2.30. The normalized spacial score (nSPS) is 17.4. The first-order valence-electron chi connectivity index (χ1n) is 7.66. The number of carbonyl (C=O) groups is 1. The molecule has 1 aliphatic carbocycles. The molecule has 2 aliphatic rings. The molecule has 1 aliphatic heterocycles. The molecule has 2 heterocycles. The molecule has 1 saturated carbocycles. The molecule has 1 aromatic carbocycles. The number of aromatic nitrogens is 2. The number of amides is 1. The largest absolute Gasteiger partial charge is 0.486 e. The van der Waals surface area contributed by atoms with Crippen LogP contribution < -0.4 is 14.4 Å². The van der Waals surface area contributed by atoms with E-state index in [4.69, 9.17) is 9.47 Å². The van der Waals surface area contributed by atoms with Crippen molar-refractivity contribution in [1.29, 1.82) is 0 Å². The topological polar surface area (TPSA) is 64.6 Å². The number of hydrogen-bond donors (Lipinski definition) is 0. The molecule has 1 aromatic heterocycles. The van der Waals surface area contributed by atoms with Crippen LogP contribution in [0.1, 0.15) is 18.4 Å². The number of likely N-dealkylation sites (N-methyl/N-ethyl adjacent to an activating group) is 1. The zero-order chi connectivity index (χ0) is 15.9. The lowest BCUT2D eigenvalue weighted by Gasteiger charge is -2.24. The number of carbonyl (C=O) groups excluding carboxylic acids is 1. The summed E-state index contributed by atoms with van der Waals surface area (Å²) in [4.78, 5) is 22.8. The minimum Gasteiger partial charge on any atom is -0.486 e. The molecule has 0 radical (unpaired) electrons. The lowest BCUT2D eigenvalue weighted by molar-refractivity contribution is -0.120. The molecule has 6 heteroatoms. The highest BCUT2D eigenvalue weighted by molar-refractivity contribution is 6.01. The zero-order valence-electron chi connectivity index (χ0n) is 12.9. The average Bonchev–Trinajstić information content (AvgIpc) is 3.43. The van der Waals surface area contributed by atoms with Gasteiger partial charge in [-0.05, 0) is 36.6 Å². The van der Waals surface area contributed by atoms with Crippen LogP contribution in [0.3, 0.4) is 0 Å². The van der Waals surface area contributed by atoms with Gasteiger partial charge in [0.2, 0.25) is 11.9 Å². The third-order valence-electron chi connectivity index (χ3n) is 4.41. The number of rotatable bonds is 3. The third-order valence-corrected chi connectivity index (χ3v) is 4.41. The minimum absolute atomic E-state index is 0.0142. The highest BCUT2D eigenvalue weighted by Gasteiger charge is 2.53. The van der Waals surface area contributed by atoms with E-state index in [1.807, 2.05) is 18.2 Å². The molecule has 23 heavy (non-hydrogen) atoms. The minimum atomic E-state index is -0.496. The monoisotopic (exact) mass is 311 g/mol. The summed E-state index contributed by atoms with van der Waals surface area (Å²) in [6.07, 6.45) is 4.91. The van der Waals surface area contributed by atoms with Crippen LogP contribution in [-0.2, 0) is 10.2 Å². The van der Waals surface area contributed by atoms with Crippen LogP contribution in [0.5, 0.6) is 11.5 Å². The van der Waals surface area contributed by atoms with Crippen LogP contribution in [-0.4, -0.2) is 36.1 Å². The van der Waals surface area contributed by atoms with Crippen LogP contribution in [0.2, 0.25) is 0 Å². The van der Waals surface area contributed by atoms with E-state index in [2.05, 4.69) is 9.97 Å². The van der Waals surface area contributed by atoms with Gasteiger partial charge in [0.25, 0.3) is 0 Å². The molecule has 0 bridgehead atoms. The van der Waals surface area contributed by atoms with Crippen LogP contribution in [0.4, 0.5) is 5.95 Å². The summed E-state index contributed by atoms with van der Waals surface area (Å²) < 4.78 is 11.2. The van der Waals surface area contributed by atoms with E-state index in [-0.39, 0.29) is 5.91 Å². The van der Waals surface area contributed by atoms with E-state index < -0.39 is 5.41 Å². The molecule has 0 saturated heterocycles. The summed E-state index contributed by atoms with van der Waals surface area (Å²) in [5.41, 5.74) is 0.471. The number of anilines is 1. The number of nitrogens with zero attached hydrogens (tertiary/aromatic N) is 3. The van der Waals surface area contributed by atoms with E-state index >= 15 is 0 Å². The van der Waals surface area contributed by atoms with E-state index in [0.717, 1.165) is 24.2 Å². The fourth-order valence-corrected chi connectivity index (χ4v) is 2.97. The fourth-order valence-electron chi connectivity index (χ4n) is 2.97. The molecule has 0 spiro atoms. The zero-order valence-corrected chi connectivity index (χ0v) is 12.9. The first-order chi connectivity index (χ1) is 11.2. The summed E-state index contributed by atoms with van der Waals surface area (Å²) in [5, 5.41) is 0. The predicted molar refractivity (Wildman–Crippen MR) is 83.8 cm³/mol. The summed E-state index contributed by atoms with van der Waals surface area (Å²) in [6.45, 7) is 1.10. The van der Waals surface area contributed by atoms with Gasteiger partial charge in [0, 0.05) is 19.4 Å². The quantitative estimate of drug-likeness (QED) is 0.867. The highest BCUT2D eigenvalue weighted by Crippen LogP contribution is 2.51. The Balaban J connectivity index is 1.64. The van der Waals surface area contributed by atoms with Crippen molar-refractivity contribution in [3.8, 4) is 11.5 Å². The van der Waals surface area contributed by atoms with Gasteiger partial charge in [0.05, 0.1) is 5.41 Å². The lowest BCUT2D eigenvalue weighted by atomic mass is 9.94. The van der Waals surface area contributed by atoms with Gasteiger partial charge in [-0.1, -0.05) is 6.07 Å². The summed E-state index contributed by atoms with van der Waals surface area (Å²) >= 11 is 0. The molecule has 0 N–H and O–H groups in total. The van der Waals surface area contributed by atoms with Crippen LogP contribution >= 0.6 is 0 Å². The molecular formula is C17H17N3O3. The van der Waals surface area contributed by atoms with Crippen LogP contribution in [0.25, 0.3) is 0 Å². The molecule has 0 atom stereocenters. The molecular weight excluding hydrogens is 294 g/mol. The van der Waals surface area contributed by atoms with Crippen molar-refractivity contribution in [3.05, 3.63) is 42.2 Å². The molecule has 1 amide bonds. The lowest BCUT2D eigenvalue weighted by Crippen LogP contribution is -2.37. The Hall–Kier alpha value is -2.63. The number of ether oxygens (including phenoxy) is 2. The van der Waals surface area contributed by atoms with Gasteiger partial charge in [0.1, 0.15) is 13.2 Å². The van der Waals surface area contributed by atoms with Gasteiger partial charge < -0.3 is 9.47 Å². The maximum Gasteiger partial charge on any atom is 0.239 e. The van der Waals surface area contributed by atoms with Gasteiger partial charge >= 0.3 is 0 Å². The highest BCUT2D eigenvalue weighted by atomic mass is 16.6. The molecule has 6 nitrogen and oxygen atoms in total. The average molecular weight is 311 g/mol. The van der Waals surface area contributed by atoms with Gasteiger partial charge in [-0.15, -0.1) is 0 Å². The second-order valence-corrected chi connectivity index (χ2v) is 5.85. The first-order valence-corrected chi connectivity index (χ1v) is 7.66. The Labute approximate surface area is 134 Å². The Morgan fingerprint density at radius 2 is 1.83 bits per heavy atom. The van der Waals surface area contributed by atoms with E-state index in [0.29, 0.717) is 24.9 Å². The maximum atomic E-state index is 13.0. The summed E-state index contributed by atoms with van der Waals surface area (Å²) in [7, 11) is 1.72. The van der Waals surface area contributed by atoms with Crippen molar-refractivity contribution in [2.75, 3.05) is 25.2 Å². The van der Waals surface area contributed by atoms with Crippen molar-refractivity contribution in [2.45, 2.75) is 18.3 Å². The Morgan fingerprint density at radius 3 is 2.52 bits per heavy atom. The Kier molecular flexibility index (Phi) is 3.18. The van der Waals surface area contributed by atoms with Crippen LogP contribution in [0, 0.1) is 0 Å². The second-order valence-electron chi connectivity index (χ2n) is 5.85. The molecule has 118 valence electrons. The van der Waals surface area contributed by atoms with Gasteiger partial charge in [-0.2, -0.15) is 0 Å². The second kappa shape index (κ2) is 5.22. The fraction of sp³-hybridized carbons (Fsp3) is 0.353. The van der Waals surface area contributed by atoms with Crippen molar-refractivity contribution >= 4 is 11.9 Å².